The van der Waals surface area contributed by atoms with Crippen molar-refractivity contribution < 1.29 is 9.53 Å². The summed E-state index contributed by atoms with van der Waals surface area (Å²) in [7, 11) is 2.18. The summed E-state index contributed by atoms with van der Waals surface area (Å²) in [6.07, 6.45) is 0. The number of rotatable bonds is 7. The Labute approximate surface area is 181 Å². The van der Waals surface area contributed by atoms with Crippen LogP contribution in [-0.4, -0.2) is 55.5 Å². The Morgan fingerprint density at radius 1 is 0.967 bits per heavy atom. The number of carbonyl (C=O) groups is 1. The molecule has 1 saturated heterocycles. The second kappa shape index (κ2) is 10.1. The fourth-order valence-corrected chi connectivity index (χ4v) is 3.63. The third kappa shape index (κ3) is 6.57. The van der Waals surface area contributed by atoms with Gasteiger partial charge in [-0.3, -0.25) is 9.69 Å². The van der Waals surface area contributed by atoms with Crippen LogP contribution in [0, 0.1) is 0 Å². The monoisotopic (exact) mass is 409 g/mol. The van der Waals surface area contributed by atoms with Crippen molar-refractivity contribution in [3.8, 4) is 5.75 Å². The summed E-state index contributed by atoms with van der Waals surface area (Å²) in [4.78, 5) is 17.1. The number of para-hydroxylation sites is 1. The van der Waals surface area contributed by atoms with E-state index in [1.807, 2.05) is 18.2 Å². The zero-order valence-corrected chi connectivity index (χ0v) is 18.8. The normalized spacial score (nSPS) is 15.7. The highest BCUT2D eigenvalue weighted by Gasteiger charge is 2.19. The average molecular weight is 410 g/mol. The molecule has 0 spiro atoms. The van der Waals surface area contributed by atoms with Gasteiger partial charge in [0.05, 0.1) is 0 Å². The van der Waals surface area contributed by atoms with E-state index in [0.717, 1.165) is 49.6 Å². The topological polar surface area (TPSA) is 44.8 Å². The van der Waals surface area contributed by atoms with Gasteiger partial charge < -0.3 is 15.0 Å². The van der Waals surface area contributed by atoms with Crippen molar-refractivity contribution in [3.63, 3.8) is 0 Å². The van der Waals surface area contributed by atoms with Gasteiger partial charge in [0.25, 0.3) is 5.91 Å². The molecule has 2 aromatic rings. The third-order valence-electron chi connectivity index (χ3n) is 5.57. The second-order valence-electron chi connectivity index (χ2n) is 9.21. The van der Waals surface area contributed by atoms with Crippen LogP contribution in [0.25, 0.3) is 0 Å². The molecule has 1 N–H and O–H groups in total. The highest BCUT2D eigenvalue weighted by molar-refractivity contribution is 5.77. The summed E-state index contributed by atoms with van der Waals surface area (Å²) in [6, 6.07) is 16.4. The molecule has 5 heteroatoms. The van der Waals surface area contributed by atoms with Crippen molar-refractivity contribution in [1.82, 2.24) is 15.1 Å². The Morgan fingerprint density at radius 3 is 2.27 bits per heavy atom. The van der Waals surface area contributed by atoms with E-state index in [9.17, 15) is 4.79 Å². The molecular formula is C25H35N3O2. The molecule has 1 aliphatic heterocycles. The molecule has 2 aromatic carbocycles. The maximum absolute atomic E-state index is 12.3. The molecule has 1 amide bonds. The Morgan fingerprint density at radius 2 is 1.60 bits per heavy atom. The predicted octanol–water partition coefficient (Wildman–Crippen LogP) is 3.43. The largest absolute Gasteiger partial charge is 0.483 e. The zero-order valence-electron chi connectivity index (χ0n) is 18.8. The van der Waals surface area contributed by atoms with E-state index in [1.165, 1.54) is 5.56 Å². The molecule has 0 atom stereocenters. The number of carbonyl (C=O) groups excluding carboxylic acids is 1. The van der Waals surface area contributed by atoms with Crippen LogP contribution in [0.5, 0.6) is 5.75 Å². The summed E-state index contributed by atoms with van der Waals surface area (Å²) in [6.45, 7) is 12.4. The van der Waals surface area contributed by atoms with Gasteiger partial charge in [0.1, 0.15) is 5.75 Å². The summed E-state index contributed by atoms with van der Waals surface area (Å²) in [5.74, 6) is 0.661. The fraction of sp³-hybridized carbons (Fsp3) is 0.480. The molecule has 0 bridgehead atoms. The highest BCUT2D eigenvalue weighted by atomic mass is 16.5. The first-order valence-corrected chi connectivity index (χ1v) is 10.8. The minimum absolute atomic E-state index is 0.0224. The van der Waals surface area contributed by atoms with Crippen LogP contribution in [0.1, 0.15) is 37.5 Å². The number of likely N-dealkylation sites (N-methyl/N-ethyl adjacent to an activating group) is 1. The van der Waals surface area contributed by atoms with E-state index in [-0.39, 0.29) is 17.9 Å². The Kier molecular flexibility index (Phi) is 7.51. The standard InChI is InChI=1S/C25H35N3O2/c1-25(2,3)22-7-5-6-8-23(22)30-19-24(29)26-17-20-9-11-21(12-10-20)18-28-15-13-27(4)14-16-28/h5-12H,13-19H2,1-4H3,(H,26,29). The van der Waals surface area contributed by atoms with Crippen LogP contribution in [0.4, 0.5) is 0 Å². The number of nitrogens with zero attached hydrogens (tertiary/aromatic N) is 2. The lowest BCUT2D eigenvalue weighted by Crippen LogP contribution is -2.43. The molecule has 5 nitrogen and oxygen atoms in total. The summed E-state index contributed by atoms with van der Waals surface area (Å²) < 4.78 is 5.80. The molecule has 1 fully saturated rings. The van der Waals surface area contributed by atoms with Gasteiger partial charge in [-0.05, 0) is 35.2 Å². The molecular weight excluding hydrogens is 374 g/mol. The number of piperazine rings is 1. The van der Waals surface area contributed by atoms with Crippen molar-refractivity contribution in [2.75, 3.05) is 39.8 Å². The average Bonchev–Trinajstić information content (AvgIpc) is 2.73. The van der Waals surface area contributed by atoms with Crippen LogP contribution >= 0.6 is 0 Å². The van der Waals surface area contributed by atoms with Crippen LogP contribution in [0.3, 0.4) is 0 Å². The number of amides is 1. The van der Waals surface area contributed by atoms with Crippen molar-refractivity contribution in [2.45, 2.75) is 39.3 Å². The highest BCUT2D eigenvalue weighted by Crippen LogP contribution is 2.30. The molecule has 0 saturated carbocycles. The minimum Gasteiger partial charge on any atom is -0.483 e. The fourth-order valence-electron chi connectivity index (χ4n) is 3.63. The zero-order chi connectivity index (χ0) is 21.6. The van der Waals surface area contributed by atoms with E-state index in [4.69, 9.17) is 4.74 Å². The summed E-state index contributed by atoms with van der Waals surface area (Å²) in [5.41, 5.74) is 3.49. The van der Waals surface area contributed by atoms with Gasteiger partial charge in [-0.25, -0.2) is 0 Å². The first-order valence-electron chi connectivity index (χ1n) is 10.8. The lowest BCUT2D eigenvalue weighted by atomic mass is 9.86. The van der Waals surface area contributed by atoms with Crippen molar-refractivity contribution in [2.24, 2.45) is 0 Å². The predicted molar refractivity (Wildman–Crippen MR) is 122 cm³/mol. The van der Waals surface area contributed by atoms with Gasteiger partial charge in [0.15, 0.2) is 6.61 Å². The van der Waals surface area contributed by atoms with Crippen LogP contribution in [0.15, 0.2) is 48.5 Å². The lowest BCUT2D eigenvalue weighted by Gasteiger charge is -2.32. The van der Waals surface area contributed by atoms with Crippen molar-refractivity contribution in [3.05, 3.63) is 65.2 Å². The van der Waals surface area contributed by atoms with E-state index >= 15 is 0 Å². The van der Waals surface area contributed by atoms with Gasteiger partial charge in [0, 0.05) is 39.3 Å². The third-order valence-corrected chi connectivity index (χ3v) is 5.57. The number of hydrogen-bond donors (Lipinski definition) is 1. The molecule has 0 aliphatic carbocycles. The van der Waals surface area contributed by atoms with Gasteiger partial charge >= 0.3 is 0 Å². The second-order valence-corrected chi connectivity index (χ2v) is 9.21. The van der Waals surface area contributed by atoms with Crippen molar-refractivity contribution >= 4 is 5.91 Å². The van der Waals surface area contributed by atoms with Gasteiger partial charge in [0.2, 0.25) is 0 Å². The van der Waals surface area contributed by atoms with Crippen molar-refractivity contribution in [1.29, 1.82) is 0 Å². The van der Waals surface area contributed by atoms with Crippen LogP contribution < -0.4 is 10.1 Å². The SMILES string of the molecule is CN1CCN(Cc2ccc(CNC(=O)COc3ccccc3C(C)(C)C)cc2)CC1. The number of nitrogens with one attached hydrogen (secondary N) is 1. The molecule has 162 valence electrons. The Bertz CT molecular complexity index is 819. The molecule has 30 heavy (non-hydrogen) atoms. The molecule has 0 aromatic heterocycles. The van der Waals surface area contributed by atoms with Crippen LogP contribution in [0.2, 0.25) is 0 Å². The number of hydrogen-bond acceptors (Lipinski definition) is 4. The van der Waals surface area contributed by atoms with Crippen LogP contribution in [-0.2, 0) is 23.3 Å². The smallest absolute Gasteiger partial charge is 0.258 e. The quantitative estimate of drug-likeness (QED) is 0.761. The molecule has 0 unspecified atom stereocenters. The van der Waals surface area contributed by atoms with E-state index in [0.29, 0.717) is 6.54 Å². The van der Waals surface area contributed by atoms with E-state index in [1.54, 1.807) is 0 Å². The molecule has 1 heterocycles. The van der Waals surface area contributed by atoms with Gasteiger partial charge in [-0.2, -0.15) is 0 Å². The van der Waals surface area contributed by atoms with E-state index in [2.05, 4.69) is 73.3 Å². The summed E-state index contributed by atoms with van der Waals surface area (Å²) >= 11 is 0. The number of benzene rings is 2. The minimum atomic E-state index is -0.111. The Hall–Kier alpha value is -2.37. The number of ether oxygens (including phenoxy) is 1. The first kappa shape index (κ1) is 22.3. The Balaban J connectivity index is 1.44. The summed E-state index contributed by atoms with van der Waals surface area (Å²) in [5, 5.41) is 2.95. The van der Waals surface area contributed by atoms with Gasteiger partial charge in [-0.1, -0.05) is 63.2 Å². The maximum Gasteiger partial charge on any atom is 0.258 e. The molecule has 1 aliphatic rings. The molecule has 0 radical (unpaired) electrons. The first-order chi connectivity index (χ1) is 14.3. The lowest BCUT2D eigenvalue weighted by molar-refractivity contribution is -0.123. The molecule has 3 rings (SSSR count). The maximum atomic E-state index is 12.3. The van der Waals surface area contributed by atoms with Gasteiger partial charge in [-0.15, -0.1) is 0 Å². The van der Waals surface area contributed by atoms with E-state index < -0.39 is 0 Å².